The molecule has 1 aliphatic carbocycles. The van der Waals surface area contributed by atoms with Crippen LogP contribution in [0.15, 0.2) is 22.7 Å². The van der Waals surface area contributed by atoms with Crippen LogP contribution in [0.25, 0.3) is 0 Å². The molecular formula is C14H21BrN2. The van der Waals surface area contributed by atoms with Gasteiger partial charge in [0.05, 0.1) is 5.69 Å². The fraction of sp³-hybridized carbons (Fsp3) is 0.571. The third-order valence-corrected chi connectivity index (χ3v) is 4.33. The second-order valence-corrected chi connectivity index (χ2v) is 6.21. The van der Waals surface area contributed by atoms with Crippen LogP contribution in [0.5, 0.6) is 0 Å². The molecule has 0 aliphatic heterocycles. The van der Waals surface area contributed by atoms with E-state index in [0.717, 1.165) is 22.9 Å². The summed E-state index contributed by atoms with van der Waals surface area (Å²) in [4.78, 5) is 2.34. The summed E-state index contributed by atoms with van der Waals surface area (Å²) in [5.41, 5.74) is 8.32. The molecule has 1 aromatic rings. The molecule has 0 bridgehead atoms. The van der Waals surface area contributed by atoms with Crippen LogP contribution in [0.2, 0.25) is 0 Å². The summed E-state index contributed by atoms with van der Waals surface area (Å²) >= 11 is 3.64. The van der Waals surface area contributed by atoms with Crippen LogP contribution in [-0.4, -0.2) is 13.6 Å². The zero-order valence-corrected chi connectivity index (χ0v) is 12.4. The van der Waals surface area contributed by atoms with Gasteiger partial charge in [0.2, 0.25) is 0 Å². The zero-order valence-electron chi connectivity index (χ0n) is 10.8. The van der Waals surface area contributed by atoms with Gasteiger partial charge < -0.3 is 10.6 Å². The maximum Gasteiger partial charge on any atom is 0.0508 e. The number of anilines is 1. The van der Waals surface area contributed by atoms with Gasteiger partial charge in [-0.05, 0) is 58.8 Å². The molecule has 0 radical (unpaired) electrons. The van der Waals surface area contributed by atoms with E-state index in [0.29, 0.717) is 0 Å². The lowest BCUT2D eigenvalue weighted by atomic mass is 10.1. The molecule has 3 atom stereocenters. The molecule has 1 aromatic carbocycles. The van der Waals surface area contributed by atoms with Gasteiger partial charge in [0.1, 0.15) is 0 Å². The Morgan fingerprint density at radius 1 is 1.53 bits per heavy atom. The predicted octanol–water partition coefficient (Wildman–Crippen LogP) is 3.56. The average molecular weight is 297 g/mol. The van der Waals surface area contributed by atoms with Crippen molar-refractivity contribution in [3.05, 3.63) is 28.2 Å². The van der Waals surface area contributed by atoms with E-state index in [9.17, 15) is 0 Å². The summed E-state index contributed by atoms with van der Waals surface area (Å²) in [6.07, 6.45) is 1.37. The summed E-state index contributed by atoms with van der Waals surface area (Å²) in [5, 5.41) is 0. The number of nitrogens with two attached hydrogens (primary N) is 1. The van der Waals surface area contributed by atoms with Crippen LogP contribution in [0.1, 0.15) is 31.9 Å². The highest BCUT2D eigenvalue weighted by Gasteiger charge is 2.33. The second-order valence-electron chi connectivity index (χ2n) is 5.35. The fourth-order valence-electron chi connectivity index (χ4n) is 2.22. The lowest BCUT2D eigenvalue weighted by Gasteiger charge is -2.21. The van der Waals surface area contributed by atoms with Crippen LogP contribution in [0.3, 0.4) is 0 Å². The number of nitrogens with zero attached hydrogens (tertiary/aromatic N) is 1. The molecule has 1 aliphatic rings. The van der Waals surface area contributed by atoms with Crippen molar-refractivity contribution in [1.29, 1.82) is 0 Å². The van der Waals surface area contributed by atoms with E-state index in [2.05, 4.69) is 53.0 Å². The Kier molecular flexibility index (Phi) is 3.79. The summed E-state index contributed by atoms with van der Waals surface area (Å²) in [6.45, 7) is 5.49. The number of hydrogen-bond donors (Lipinski definition) is 1. The summed E-state index contributed by atoms with van der Waals surface area (Å²) in [5.74, 6) is 1.78. The van der Waals surface area contributed by atoms with Crippen molar-refractivity contribution < 1.29 is 0 Å². The van der Waals surface area contributed by atoms with Crippen LogP contribution in [0, 0.1) is 11.8 Å². The molecule has 0 saturated heterocycles. The summed E-state index contributed by atoms with van der Waals surface area (Å²) in [6, 6.07) is 6.51. The standard InChI is InChI=1S/C14H21BrN2/c1-9-6-12(9)8-17(3)14-5-4-11(10(2)16)7-13(14)15/h4-5,7,9-10,12H,6,8,16H2,1-3H3/t9?,10-,12?/m1/s1. The van der Waals surface area contributed by atoms with Crippen LogP contribution in [0.4, 0.5) is 5.69 Å². The number of benzene rings is 1. The molecule has 94 valence electrons. The van der Waals surface area contributed by atoms with E-state index in [1.807, 2.05) is 6.92 Å². The fourth-order valence-corrected chi connectivity index (χ4v) is 2.92. The van der Waals surface area contributed by atoms with E-state index in [1.54, 1.807) is 0 Å². The maximum atomic E-state index is 5.88. The first kappa shape index (κ1) is 12.9. The van der Waals surface area contributed by atoms with Crippen molar-refractivity contribution in [2.24, 2.45) is 17.6 Å². The van der Waals surface area contributed by atoms with Crippen molar-refractivity contribution in [3.63, 3.8) is 0 Å². The molecule has 0 spiro atoms. The molecule has 0 aromatic heterocycles. The molecule has 0 amide bonds. The van der Waals surface area contributed by atoms with E-state index in [4.69, 9.17) is 5.73 Å². The lowest BCUT2D eigenvalue weighted by Crippen LogP contribution is -2.21. The highest BCUT2D eigenvalue weighted by Crippen LogP contribution is 2.39. The first-order chi connectivity index (χ1) is 7.99. The monoisotopic (exact) mass is 296 g/mol. The van der Waals surface area contributed by atoms with Crippen molar-refractivity contribution >= 4 is 21.6 Å². The van der Waals surface area contributed by atoms with Crippen molar-refractivity contribution in [1.82, 2.24) is 0 Å². The smallest absolute Gasteiger partial charge is 0.0508 e. The van der Waals surface area contributed by atoms with E-state index in [-0.39, 0.29) is 6.04 Å². The zero-order chi connectivity index (χ0) is 12.6. The Balaban J connectivity index is 2.09. The Hall–Kier alpha value is -0.540. The maximum absolute atomic E-state index is 5.88. The Labute approximate surface area is 112 Å². The van der Waals surface area contributed by atoms with Gasteiger partial charge in [0.25, 0.3) is 0 Å². The van der Waals surface area contributed by atoms with Gasteiger partial charge in [-0.1, -0.05) is 13.0 Å². The average Bonchev–Trinajstić information content (AvgIpc) is 2.93. The van der Waals surface area contributed by atoms with Gasteiger partial charge in [0, 0.05) is 24.1 Å². The molecule has 2 N–H and O–H groups in total. The Morgan fingerprint density at radius 2 is 2.18 bits per heavy atom. The quantitative estimate of drug-likeness (QED) is 0.920. The minimum absolute atomic E-state index is 0.0918. The van der Waals surface area contributed by atoms with Gasteiger partial charge in [-0.25, -0.2) is 0 Å². The number of halogens is 1. The second kappa shape index (κ2) is 4.99. The molecule has 2 rings (SSSR count). The van der Waals surface area contributed by atoms with Gasteiger partial charge >= 0.3 is 0 Å². The predicted molar refractivity (Wildman–Crippen MR) is 77.3 cm³/mol. The Bertz CT molecular complexity index is 403. The molecule has 2 nitrogen and oxygen atoms in total. The summed E-state index contributed by atoms with van der Waals surface area (Å²) < 4.78 is 1.14. The molecule has 0 heterocycles. The lowest BCUT2D eigenvalue weighted by molar-refractivity contribution is 0.724. The Morgan fingerprint density at radius 3 is 2.65 bits per heavy atom. The largest absolute Gasteiger partial charge is 0.373 e. The van der Waals surface area contributed by atoms with Crippen LogP contribution < -0.4 is 10.6 Å². The number of rotatable bonds is 4. The highest BCUT2D eigenvalue weighted by molar-refractivity contribution is 9.10. The van der Waals surface area contributed by atoms with Gasteiger partial charge in [-0.2, -0.15) is 0 Å². The first-order valence-electron chi connectivity index (χ1n) is 6.25. The molecule has 2 unspecified atom stereocenters. The van der Waals surface area contributed by atoms with Crippen molar-refractivity contribution in [2.45, 2.75) is 26.3 Å². The minimum atomic E-state index is 0.0918. The number of hydrogen-bond acceptors (Lipinski definition) is 2. The highest BCUT2D eigenvalue weighted by atomic mass is 79.9. The third-order valence-electron chi connectivity index (χ3n) is 3.69. The SMILES string of the molecule is CC1CC1CN(C)c1ccc([C@@H](C)N)cc1Br. The summed E-state index contributed by atoms with van der Waals surface area (Å²) in [7, 11) is 2.16. The van der Waals surface area contributed by atoms with Gasteiger partial charge in [-0.15, -0.1) is 0 Å². The minimum Gasteiger partial charge on any atom is -0.373 e. The third kappa shape index (κ3) is 3.02. The molecule has 1 saturated carbocycles. The molecule has 3 heteroatoms. The van der Waals surface area contributed by atoms with E-state index >= 15 is 0 Å². The van der Waals surface area contributed by atoms with Crippen molar-refractivity contribution in [3.8, 4) is 0 Å². The van der Waals surface area contributed by atoms with E-state index < -0.39 is 0 Å². The molecular weight excluding hydrogens is 276 g/mol. The van der Waals surface area contributed by atoms with Gasteiger partial charge in [-0.3, -0.25) is 0 Å². The molecule has 1 fully saturated rings. The van der Waals surface area contributed by atoms with Crippen molar-refractivity contribution in [2.75, 3.05) is 18.5 Å². The van der Waals surface area contributed by atoms with Crippen LogP contribution >= 0.6 is 15.9 Å². The van der Waals surface area contributed by atoms with Crippen LogP contribution in [-0.2, 0) is 0 Å². The van der Waals surface area contributed by atoms with E-state index in [1.165, 1.54) is 17.7 Å². The first-order valence-corrected chi connectivity index (χ1v) is 7.04. The topological polar surface area (TPSA) is 29.3 Å². The molecule has 17 heavy (non-hydrogen) atoms. The normalized spacial score (nSPS) is 24.5. The van der Waals surface area contributed by atoms with Gasteiger partial charge in [0.15, 0.2) is 0 Å².